The second-order valence-electron chi connectivity index (χ2n) is 9.82. The molecule has 0 aliphatic carbocycles. The lowest BCUT2D eigenvalue weighted by molar-refractivity contribution is -0.136. The number of ketones is 1. The quantitative estimate of drug-likeness (QED) is 0.567. The predicted molar refractivity (Wildman–Crippen MR) is 127 cm³/mol. The Morgan fingerprint density at radius 3 is 2.18 bits per heavy atom. The van der Waals surface area contributed by atoms with Crippen molar-refractivity contribution in [1.29, 1.82) is 0 Å². The van der Waals surface area contributed by atoms with Gasteiger partial charge >= 0.3 is 5.69 Å². The molecular formula is C23H38N6O4. The van der Waals surface area contributed by atoms with E-state index in [1.54, 1.807) is 0 Å². The third-order valence-corrected chi connectivity index (χ3v) is 6.72. The first-order chi connectivity index (χ1) is 15.6. The molecule has 0 radical (unpaired) electrons. The van der Waals surface area contributed by atoms with E-state index in [0.29, 0.717) is 45.3 Å². The third kappa shape index (κ3) is 5.73. The number of hydrogen-bond donors (Lipinski definition) is 1. The number of amides is 1. The predicted octanol–water partition coefficient (Wildman–Crippen LogP) is -0.0135. The van der Waals surface area contributed by atoms with Crippen LogP contribution in [0.15, 0.2) is 9.59 Å². The van der Waals surface area contributed by atoms with E-state index in [4.69, 9.17) is 5.73 Å². The molecule has 0 bridgehead atoms. The van der Waals surface area contributed by atoms with Gasteiger partial charge in [-0.1, -0.05) is 13.8 Å². The van der Waals surface area contributed by atoms with Crippen LogP contribution in [0.4, 0.5) is 5.82 Å². The van der Waals surface area contributed by atoms with Gasteiger partial charge in [-0.05, 0) is 32.1 Å². The molecule has 10 heteroatoms. The summed E-state index contributed by atoms with van der Waals surface area (Å²) in [6.07, 6.45) is 3.31. The minimum Gasteiger partial charge on any atom is -0.384 e. The summed E-state index contributed by atoms with van der Waals surface area (Å²) < 4.78 is 2.27. The number of aromatic nitrogens is 2. The molecule has 3 heterocycles. The van der Waals surface area contributed by atoms with Crippen LogP contribution in [0.5, 0.6) is 0 Å². The molecule has 2 saturated heterocycles. The van der Waals surface area contributed by atoms with E-state index in [2.05, 4.69) is 11.8 Å². The zero-order chi connectivity index (χ0) is 24.3. The molecule has 1 unspecified atom stereocenters. The number of nitrogen functional groups attached to an aromatic ring is 1. The van der Waals surface area contributed by atoms with Crippen molar-refractivity contribution >= 4 is 17.5 Å². The largest absolute Gasteiger partial charge is 0.384 e. The first-order valence-corrected chi connectivity index (χ1v) is 12.0. The summed E-state index contributed by atoms with van der Waals surface area (Å²) in [6.45, 7) is 10.2. The lowest BCUT2D eigenvalue weighted by atomic mass is 10.0. The summed E-state index contributed by atoms with van der Waals surface area (Å²) in [6, 6.07) is 0.303. The number of piperazine rings is 1. The van der Waals surface area contributed by atoms with Gasteiger partial charge in [-0.3, -0.25) is 33.3 Å². The highest BCUT2D eigenvalue weighted by molar-refractivity contribution is 6.01. The first kappa shape index (κ1) is 25.2. The molecule has 1 aromatic rings. The molecule has 0 aromatic carbocycles. The van der Waals surface area contributed by atoms with Gasteiger partial charge in [0.25, 0.3) is 5.56 Å². The number of anilines is 1. The molecule has 10 nitrogen and oxygen atoms in total. The SMILES string of the molecule is CC(C)Cn1c(N)c(C(=O)CN2CCN(CC(=O)N3CCCCC3C)CC2)c(=O)n(C)c1=O. The van der Waals surface area contributed by atoms with Crippen molar-refractivity contribution in [2.45, 2.75) is 52.6 Å². The maximum atomic E-state index is 13.0. The van der Waals surface area contributed by atoms with Crippen molar-refractivity contribution in [2.75, 3.05) is 51.5 Å². The Hall–Kier alpha value is -2.46. The van der Waals surface area contributed by atoms with Crippen LogP contribution in [0.1, 0.15) is 50.4 Å². The summed E-state index contributed by atoms with van der Waals surface area (Å²) in [5.74, 6) is -0.122. The van der Waals surface area contributed by atoms with Gasteiger partial charge in [0.05, 0.1) is 13.1 Å². The number of carbonyl (C=O) groups excluding carboxylic acids is 2. The molecule has 2 aliphatic rings. The Kier molecular flexibility index (Phi) is 8.12. The van der Waals surface area contributed by atoms with Crippen molar-refractivity contribution in [2.24, 2.45) is 13.0 Å². The van der Waals surface area contributed by atoms with Crippen LogP contribution in [0, 0.1) is 5.92 Å². The van der Waals surface area contributed by atoms with E-state index in [1.807, 2.05) is 23.6 Å². The second kappa shape index (κ2) is 10.6. The molecule has 1 amide bonds. The van der Waals surface area contributed by atoms with E-state index in [0.717, 1.165) is 24.0 Å². The molecule has 2 fully saturated rings. The fraction of sp³-hybridized carbons (Fsp3) is 0.739. The number of hydrogen-bond acceptors (Lipinski definition) is 7. The van der Waals surface area contributed by atoms with E-state index >= 15 is 0 Å². The van der Waals surface area contributed by atoms with Crippen LogP contribution < -0.4 is 17.0 Å². The van der Waals surface area contributed by atoms with Gasteiger partial charge in [-0.2, -0.15) is 0 Å². The summed E-state index contributed by atoms with van der Waals surface area (Å²) in [4.78, 5) is 56.9. The topological polar surface area (TPSA) is 114 Å². The molecule has 0 saturated carbocycles. The summed E-state index contributed by atoms with van der Waals surface area (Å²) in [5, 5.41) is 0. The van der Waals surface area contributed by atoms with E-state index in [9.17, 15) is 19.2 Å². The lowest BCUT2D eigenvalue weighted by Crippen LogP contribution is -2.53. The van der Waals surface area contributed by atoms with Crippen molar-refractivity contribution < 1.29 is 9.59 Å². The Balaban J connectivity index is 1.61. The monoisotopic (exact) mass is 462 g/mol. The fourth-order valence-electron chi connectivity index (χ4n) is 4.73. The summed E-state index contributed by atoms with van der Waals surface area (Å²) >= 11 is 0. The Morgan fingerprint density at radius 1 is 1.00 bits per heavy atom. The van der Waals surface area contributed by atoms with Gasteiger partial charge in [0, 0.05) is 52.4 Å². The van der Waals surface area contributed by atoms with Crippen LogP contribution >= 0.6 is 0 Å². The molecule has 33 heavy (non-hydrogen) atoms. The number of likely N-dealkylation sites (tertiary alicyclic amines) is 1. The van der Waals surface area contributed by atoms with Crippen molar-refractivity contribution in [3.05, 3.63) is 26.4 Å². The van der Waals surface area contributed by atoms with Crippen molar-refractivity contribution in [3.63, 3.8) is 0 Å². The van der Waals surface area contributed by atoms with Crippen molar-refractivity contribution in [1.82, 2.24) is 23.8 Å². The number of rotatable bonds is 7. The first-order valence-electron chi connectivity index (χ1n) is 12.0. The van der Waals surface area contributed by atoms with Gasteiger partial charge < -0.3 is 10.6 Å². The highest BCUT2D eigenvalue weighted by Crippen LogP contribution is 2.17. The molecule has 0 spiro atoms. The van der Waals surface area contributed by atoms with Gasteiger partial charge in [-0.15, -0.1) is 0 Å². The van der Waals surface area contributed by atoms with Crippen LogP contribution in [-0.4, -0.2) is 87.4 Å². The molecule has 2 aliphatic heterocycles. The normalized spacial score (nSPS) is 20.4. The molecule has 3 rings (SSSR count). The summed E-state index contributed by atoms with van der Waals surface area (Å²) in [5.41, 5.74) is 4.85. The van der Waals surface area contributed by atoms with Gasteiger partial charge in [0.1, 0.15) is 11.4 Å². The van der Waals surface area contributed by atoms with Gasteiger partial charge in [0.2, 0.25) is 5.91 Å². The zero-order valence-electron chi connectivity index (χ0n) is 20.4. The standard InChI is InChI=1S/C23H38N6O4/c1-16(2)13-29-21(24)20(22(32)25(4)23(29)33)18(30)14-26-9-11-27(12-10-26)15-19(31)28-8-6-5-7-17(28)3/h16-17H,5-15,24H2,1-4H3. The average Bonchev–Trinajstić information content (AvgIpc) is 2.77. The number of carbonyl (C=O) groups is 2. The minimum atomic E-state index is -0.651. The molecule has 2 N–H and O–H groups in total. The van der Waals surface area contributed by atoms with Crippen LogP contribution in [0.2, 0.25) is 0 Å². The zero-order valence-corrected chi connectivity index (χ0v) is 20.4. The highest BCUT2D eigenvalue weighted by Gasteiger charge is 2.28. The Bertz CT molecular complexity index is 990. The smallest absolute Gasteiger partial charge is 0.332 e. The molecule has 184 valence electrons. The number of nitrogens with two attached hydrogens (primary N) is 1. The molecule has 1 atom stereocenters. The van der Waals surface area contributed by atoms with Crippen LogP contribution in [-0.2, 0) is 18.4 Å². The Morgan fingerprint density at radius 2 is 1.61 bits per heavy atom. The van der Waals surface area contributed by atoms with Gasteiger partial charge in [0.15, 0.2) is 5.78 Å². The highest BCUT2D eigenvalue weighted by atomic mass is 16.2. The number of Topliss-reactive ketones (excluding diaryl/α,β-unsaturated/α-hetero) is 1. The number of nitrogens with zero attached hydrogens (tertiary/aromatic N) is 5. The van der Waals surface area contributed by atoms with E-state index in [1.165, 1.54) is 18.0 Å². The lowest BCUT2D eigenvalue weighted by Gasteiger charge is -2.37. The van der Waals surface area contributed by atoms with Crippen LogP contribution in [0.3, 0.4) is 0 Å². The third-order valence-electron chi connectivity index (χ3n) is 6.72. The van der Waals surface area contributed by atoms with Gasteiger partial charge in [-0.25, -0.2) is 4.79 Å². The van der Waals surface area contributed by atoms with E-state index in [-0.39, 0.29) is 35.5 Å². The Labute approximate surface area is 194 Å². The summed E-state index contributed by atoms with van der Waals surface area (Å²) in [7, 11) is 1.37. The molecular weight excluding hydrogens is 424 g/mol. The fourth-order valence-corrected chi connectivity index (χ4v) is 4.73. The van der Waals surface area contributed by atoms with Crippen LogP contribution in [0.25, 0.3) is 0 Å². The second-order valence-corrected chi connectivity index (χ2v) is 9.82. The average molecular weight is 463 g/mol. The maximum absolute atomic E-state index is 13.0. The minimum absolute atomic E-state index is 0.0540. The molecule has 1 aromatic heterocycles. The van der Waals surface area contributed by atoms with E-state index < -0.39 is 11.2 Å². The van der Waals surface area contributed by atoms with Crippen molar-refractivity contribution in [3.8, 4) is 0 Å². The maximum Gasteiger partial charge on any atom is 0.332 e. The number of piperidine rings is 1.